The maximum Gasteiger partial charge on any atom is 0.264 e. The van der Waals surface area contributed by atoms with Crippen molar-refractivity contribution in [2.24, 2.45) is 0 Å². The van der Waals surface area contributed by atoms with E-state index >= 15 is 0 Å². The van der Waals surface area contributed by atoms with Crippen LogP contribution in [0.1, 0.15) is 12.5 Å². The molecule has 0 aliphatic rings. The predicted octanol–water partition coefficient (Wildman–Crippen LogP) is 4.63. The first kappa shape index (κ1) is 16.3. The van der Waals surface area contributed by atoms with E-state index in [-0.39, 0.29) is 4.90 Å². The first-order valence-corrected chi connectivity index (χ1v) is 9.02. The van der Waals surface area contributed by atoms with Gasteiger partial charge in [0.15, 0.2) is 0 Å². The zero-order chi connectivity index (χ0) is 15.6. The molecule has 0 unspecified atom stereocenters. The Morgan fingerprint density at radius 2 is 1.86 bits per heavy atom. The first-order valence-electron chi connectivity index (χ1n) is 6.41. The fourth-order valence-corrected chi connectivity index (χ4v) is 4.29. The third-order valence-corrected chi connectivity index (χ3v) is 6.25. The second-order valence-electron chi connectivity index (χ2n) is 4.53. The van der Waals surface area contributed by atoms with E-state index in [1.807, 2.05) is 32.0 Å². The molecule has 0 aliphatic heterocycles. The van der Waals surface area contributed by atoms with Crippen LogP contribution in [0.15, 0.2) is 51.8 Å². The van der Waals surface area contributed by atoms with Crippen LogP contribution in [0.3, 0.4) is 0 Å². The molecule has 0 saturated carbocycles. The van der Waals surface area contributed by atoms with Crippen LogP contribution in [-0.2, 0) is 10.0 Å². The minimum Gasteiger partial charge on any atom is -0.266 e. The molecule has 0 aliphatic carbocycles. The van der Waals surface area contributed by atoms with Crippen LogP contribution in [0.2, 0.25) is 5.02 Å². The second kappa shape index (κ2) is 6.38. The molecule has 0 heterocycles. The summed E-state index contributed by atoms with van der Waals surface area (Å²) in [6, 6.07) is 12.0. The van der Waals surface area contributed by atoms with Gasteiger partial charge in [-0.15, -0.1) is 0 Å². The normalized spacial score (nSPS) is 11.4. The van der Waals surface area contributed by atoms with Crippen molar-refractivity contribution in [3.8, 4) is 0 Å². The Kier molecular flexibility index (Phi) is 4.96. The summed E-state index contributed by atoms with van der Waals surface area (Å²) in [5, 5.41) is 0.480. The molecule has 0 atom stereocenters. The van der Waals surface area contributed by atoms with Crippen LogP contribution in [0.4, 0.5) is 5.69 Å². The smallest absolute Gasteiger partial charge is 0.264 e. The number of halogens is 2. The Morgan fingerprint density at radius 3 is 2.43 bits per heavy atom. The molecule has 21 heavy (non-hydrogen) atoms. The van der Waals surface area contributed by atoms with Gasteiger partial charge in [-0.2, -0.15) is 0 Å². The predicted molar refractivity (Wildman–Crippen MR) is 90.5 cm³/mol. The topological polar surface area (TPSA) is 37.4 Å². The molecule has 3 nitrogen and oxygen atoms in total. The molecule has 0 radical (unpaired) electrons. The number of rotatable bonds is 4. The van der Waals surface area contributed by atoms with Crippen molar-refractivity contribution in [2.45, 2.75) is 18.7 Å². The van der Waals surface area contributed by atoms with Gasteiger partial charge < -0.3 is 0 Å². The zero-order valence-corrected chi connectivity index (χ0v) is 14.8. The third-order valence-electron chi connectivity index (χ3n) is 3.15. The van der Waals surface area contributed by atoms with E-state index in [0.717, 1.165) is 5.56 Å². The van der Waals surface area contributed by atoms with Crippen LogP contribution in [0.25, 0.3) is 0 Å². The highest BCUT2D eigenvalue weighted by Gasteiger charge is 2.25. The molecule has 0 amide bonds. The van der Waals surface area contributed by atoms with Crippen LogP contribution in [0.5, 0.6) is 0 Å². The van der Waals surface area contributed by atoms with Crippen LogP contribution in [-0.4, -0.2) is 15.0 Å². The molecule has 2 aromatic carbocycles. The lowest BCUT2D eigenvalue weighted by Crippen LogP contribution is -2.31. The van der Waals surface area contributed by atoms with Crippen LogP contribution < -0.4 is 4.31 Å². The fourth-order valence-electron chi connectivity index (χ4n) is 2.08. The molecule has 0 aromatic heterocycles. The van der Waals surface area contributed by atoms with Gasteiger partial charge in [0.25, 0.3) is 10.0 Å². The van der Waals surface area contributed by atoms with Gasteiger partial charge in [-0.25, -0.2) is 8.42 Å². The van der Waals surface area contributed by atoms with E-state index in [4.69, 9.17) is 11.6 Å². The largest absolute Gasteiger partial charge is 0.266 e. The molecular formula is C15H15BrClNO2S. The van der Waals surface area contributed by atoms with Gasteiger partial charge in [-0.3, -0.25) is 4.31 Å². The third kappa shape index (κ3) is 3.25. The number of benzene rings is 2. The van der Waals surface area contributed by atoms with Gasteiger partial charge in [0.2, 0.25) is 0 Å². The summed E-state index contributed by atoms with van der Waals surface area (Å²) in [5.41, 5.74) is 1.60. The van der Waals surface area contributed by atoms with E-state index in [2.05, 4.69) is 15.9 Å². The lowest BCUT2D eigenvalue weighted by atomic mass is 10.2. The summed E-state index contributed by atoms with van der Waals surface area (Å²) in [6.07, 6.45) is 0. The van der Waals surface area contributed by atoms with Gasteiger partial charge in [0.05, 0.1) is 15.6 Å². The van der Waals surface area contributed by atoms with E-state index < -0.39 is 10.0 Å². The van der Waals surface area contributed by atoms with Crippen LogP contribution >= 0.6 is 27.5 Å². The summed E-state index contributed by atoms with van der Waals surface area (Å²) in [4.78, 5) is 0.212. The Hall–Kier alpha value is -1.04. The summed E-state index contributed by atoms with van der Waals surface area (Å²) in [5.74, 6) is 0. The minimum absolute atomic E-state index is 0.212. The average Bonchev–Trinajstić information content (AvgIpc) is 2.44. The quantitative estimate of drug-likeness (QED) is 0.766. The summed E-state index contributed by atoms with van der Waals surface area (Å²) in [6.45, 7) is 4.06. The van der Waals surface area contributed by atoms with E-state index in [1.54, 1.807) is 12.1 Å². The van der Waals surface area contributed by atoms with Crippen molar-refractivity contribution < 1.29 is 8.42 Å². The van der Waals surface area contributed by atoms with Gasteiger partial charge in [0, 0.05) is 11.0 Å². The highest BCUT2D eigenvalue weighted by atomic mass is 79.9. The lowest BCUT2D eigenvalue weighted by Gasteiger charge is -2.24. The van der Waals surface area contributed by atoms with Gasteiger partial charge >= 0.3 is 0 Å². The van der Waals surface area contributed by atoms with E-state index in [0.29, 0.717) is 21.7 Å². The number of hydrogen-bond acceptors (Lipinski definition) is 2. The van der Waals surface area contributed by atoms with Crippen LogP contribution in [0, 0.1) is 6.92 Å². The van der Waals surface area contributed by atoms with Crippen molar-refractivity contribution >= 4 is 43.2 Å². The molecule has 2 rings (SSSR count). The monoisotopic (exact) mass is 387 g/mol. The molecule has 0 fully saturated rings. The number of anilines is 1. The number of hydrogen-bond donors (Lipinski definition) is 0. The zero-order valence-electron chi connectivity index (χ0n) is 11.7. The summed E-state index contributed by atoms with van der Waals surface area (Å²) >= 11 is 9.20. The molecule has 0 spiro atoms. The fraction of sp³-hybridized carbons (Fsp3) is 0.200. The number of nitrogens with zero attached hydrogens (tertiary/aromatic N) is 1. The standard InChI is InChI=1S/C15H15BrClNO2S/c1-3-18(15-7-5-4-6-11(15)2)21(19,20)12-8-9-14(17)13(16)10-12/h4-10H,3H2,1-2H3. The highest BCUT2D eigenvalue weighted by Crippen LogP contribution is 2.30. The SMILES string of the molecule is CCN(c1ccccc1C)S(=O)(=O)c1ccc(Cl)c(Br)c1. The maximum atomic E-state index is 12.8. The second-order valence-corrected chi connectivity index (χ2v) is 7.66. The molecule has 0 bridgehead atoms. The van der Waals surface area contributed by atoms with E-state index in [9.17, 15) is 8.42 Å². The Labute approximate surface area is 138 Å². The molecule has 0 N–H and O–H groups in total. The molecule has 6 heteroatoms. The van der Waals surface area contributed by atoms with Gasteiger partial charge in [0.1, 0.15) is 0 Å². The van der Waals surface area contributed by atoms with Crippen molar-refractivity contribution in [3.63, 3.8) is 0 Å². The average molecular weight is 389 g/mol. The molecular weight excluding hydrogens is 374 g/mol. The van der Waals surface area contributed by atoms with Crippen molar-refractivity contribution in [2.75, 3.05) is 10.8 Å². The molecule has 2 aromatic rings. The number of para-hydroxylation sites is 1. The van der Waals surface area contributed by atoms with Crippen molar-refractivity contribution in [1.29, 1.82) is 0 Å². The number of sulfonamides is 1. The summed E-state index contributed by atoms with van der Waals surface area (Å²) < 4.78 is 27.6. The highest BCUT2D eigenvalue weighted by molar-refractivity contribution is 9.10. The Morgan fingerprint density at radius 1 is 1.19 bits per heavy atom. The Bertz CT molecular complexity index is 762. The number of aryl methyl sites for hydroxylation is 1. The minimum atomic E-state index is -3.62. The van der Waals surface area contributed by atoms with Gasteiger partial charge in [-0.1, -0.05) is 29.8 Å². The lowest BCUT2D eigenvalue weighted by molar-refractivity contribution is 0.591. The van der Waals surface area contributed by atoms with Crippen molar-refractivity contribution in [1.82, 2.24) is 0 Å². The first-order chi connectivity index (χ1) is 9.87. The van der Waals surface area contributed by atoms with E-state index in [1.165, 1.54) is 16.4 Å². The molecule has 112 valence electrons. The molecule has 0 saturated heterocycles. The maximum absolute atomic E-state index is 12.8. The van der Waals surface area contributed by atoms with Gasteiger partial charge in [-0.05, 0) is 59.6 Å². The van der Waals surface area contributed by atoms with Crippen molar-refractivity contribution in [3.05, 3.63) is 57.5 Å². The summed E-state index contributed by atoms with van der Waals surface area (Å²) in [7, 11) is -3.62. The Balaban J connectivity index is 2.55.